The summed E-state index contributed by atoms with van der Waals surface area (Å²) in [6, 6.07) is 18.6. The van der Waals surface area contributed by atoms with E-state index in [4.69, 9.17) is 14.2 Å². The maximum absolute atomic E-state index is 13.5. The molecule has 0 spiro atoms. The number of methoxy groups -OCH3 is 2. The number of benzene rings is 3. The van der Waals surface area contributed by atoms with E-state index in [1.54, 1.807) is 36.4 Å². The highest BCUT2D eigenvalue weighted by molar-refractivity contribution is 7.93. The van der Waals surface area contributed by atoms with Crippen molar-refractivity contribution >= 4 is 21.6 Å². The molecule has 162 valence electrons. The van der Waals surface area contributed by atoms with Crippen LogP contribution in [-0.2, 0) is 10.0 Å². The van der Waals surface area contributed by atoms with E-state index in [0.717, 1.165) is 4.31 Å². The summed E-state index contributed by atoms with van der Waals surface area (Å²) in [6.45, 7) is 2.31. The number of carbonyl (C=O) groups is 1. The average Bonchev–Trinajstić information content (AvgIpc) is 2.80. The molecule has 1 amide bonds. The van der Waals surface area contributed by atoms with Gasteiger partial charge in [0.15, 0.2) is 0 Å². The van der Waals surface area contributed by atoms with Crippen molar-refractivity contribution < 1.29 is 27.4 Å². The van der Waals surface area contributed by atoms with Crippen LogP contribution in [0.4, 0.5) is 5.69 Å². The number of anilines is 1. The van der Waals surface area contributed by atoms with Crippen LogP contribution in [0.2, 0.25) is 0 Å². The highest BCUT2D eigenvalue weighted by Crippen LogP contribution is 2.30. The van der Waals surface area contributed by atoms with Crippen molar-refractivity contribution in [1.82, 2.24) is 0 Å². The third-order valence-corrected chi connectivity index (χ3v) is 6.17. The molecule has 0 bridgehead atoms. The molecule has 0 saturated carbocycles. The summed E-state index contributed by atoms with van der Waals surface area (Å²) < 4.78 is 43.6. The van der Waals surface area contributed by atoms with Gasteiger partial charge in [0.1, 0.15) is 17.2 Å². The first-order valence-electron chi connectivity index (χ1n) is 9.51. The zero-order valence-electron chi connectivity index (χ0n) is 17.4. The van der Waals surface area contributed by atoms with Crippen LogP contribution in [0, 0.1) is 0 Å². The van der Waals surface area contributed by atoms with Crippen LogP contribution in [0.25, 0.3) is 0 Å². The van der Waals surface area contributed by atoms with Gasteiger partial charge in [0.2, 0.25) is 0 Å². The van der Waals surface area contributed by atoms with E-state index in [-0.39, 0.29) is 16.1 Å². The number of hydrogen-bond donors (Lipinski definition) is 0. The number of amides is 1. The Balaban J connectivity index is 2.15. The molecule has 3 aromatic carbocycles. The lowest BCUT2D eigenvalue weighted by Gasteiger charge is -2.23. The van der Waals surface area contributed by atoms with Crippen LogP contribution in [0.5, 0.6) is 17.2 Å². The van der Waals surface area contributed by atoms with Crippen LogP contribution in [-0.4, -0.2) is 35.2 Å². The normalized spacial score (nSPS) is 10.9. The molecule has 0 saturated heterocycles. The predicted octanol–water partition coefficient (Wildman–Crippen LogP) is 4.14. The molecule has 3 rings (SSSR count). The maximum atomic E-state index is 13.5. The average molecular weight is 442 g/mol. The zero-order chi connectivity index (χ0) is 22.4. The Morgan fingerprint density at radius 1 is 0.839 bits per heavy atom. The van der Waals surface area contributed by atoms with E-state index < -0.39 is 15.9 Å². The molecule has 8 heteroatoms. The summed E-state index contributed by atoms with van der Waals surface area (Å²) >= 11 is 0. The molecule has 3 aromatic rings. The summed E-state index contributed by atoms with van der Waals surface area (Å²) in [6.07, 6.45) is 0. The van der Waals surface area contributed by atoms with Gasteiger partial charge in [-0.25, -0.2) is 8.42 Å². The summed E-state index contributed by atoms with van der Waals surface area (Å²) in [5.41, 5.74) is 0.281. The lowest BCUT2D eigenvalue weighted by molar-refractivity contribution is 0.100. The number of rotatable bonds is 8. The van der Waals surface area contributed by atoms with Gasteiger partial charge in [0.05, 0.1) is 31.4 Å². The number of sulfonamides is 1. The van der Waals surface area contributed by atoms with Crippen molar-refractivity contribution in [2.24, 2.45) is 0 Å². The summed E-state index contributed by atoms with van der Waals surface area (Å²) in [5, 5.41) is 0. The van der Waals surface area contributed by atoms with E-state index in [1.807, 2.05) is 6.92 Å². The highest BCUT2D eigenvalue weighted by Gasteiger charge is 2.32. The SMILES string of the molecule is CCOc1ccc(N(C(=O)c2cc(OC)cc(OC)c2)S(=O)(=O)c2ccccc2)cc1. The second-order valence-corrected chi connectivity index (χ2v) is 8.20. The first-order chi connectivity index (χ1) is 14.9. The van der Waals surface area contributed by atoms with E-state index in [2.05, 4.69) is 0 Å². The molecule has 0 aliphatic carbocycles. The molecule has 0 unspecified atom stereocenters. The molecule has 0 aliphatic heterocycles. The van der Waals surface area contributed by atoms with Gasteiger partial charge in [0, 0.05) is 11.6 Å². The zero-order valence-corrected chi connectivity index (χ0v) is 18.3. The van der Waals surface area contributed by atoms with Gasteiger partial charge in [-0.15, -0.1) is 0 Å². The largest absolute Gasteiger partial charge is 0.497 e. The highest BCUT2D eigenvalue weighted by atomic mass is 32.2. The second kappa shape index (κ2) is 9.53. The van der Waals surface area contributed by atoms with Gasteiger partial charge in [-0.05, 0) is 55.5 Å². The van der Waals surface area contributed by atoms with Crippen molar-refractivity contribution in [1.29, 1.82) is 0 Å². The van der Waals surface area contributed by atoms with Crippen molar-refractivity contribution in [2.45, 2.75) is 11.8 Å². The Kier molecular flexibility index (Phi) is 6.81. The van der Waals surface area contributed by atoms with Crippen molar-refractivity contribution in [3.63, 3.8) is 0 Å². The monoisotopic (exact) mass is 441 g/mol. The van der Waals surface area contributed by atoms with Gasteiger partial charge in [0.25, 0.3) is 15.9 Å². The van der Waals surface area contributed by atoms with Crippen LogP contribution in [0.1, 0.15) is 17.3 Å². The fourth-order valence-electron chi connectivity index (χ4n) is 2.96. The number of nitrogens with zero attached hydrogens (tertiary/aromatic N) is 1. The fourth-order valence-corrected chi connectivity index (χ4v) is 4.39. The number of carbonyl (C=O) groups excluding carboxylic acids is 1. The van der Waals surface area contributed by atoms with Crippen LogP contribution in [0.3, 0.4) is 0 Å². The van der Waals surface area contributed by atoms with Crippen LogP contribution < -0.4 is 18.5 Å². The molecular formula is C23H23NO6S. The van der Waals surface area contributed by atoms with E-state index in [9.17, 15) is 13.2 Å². The minimum atomic E-state index is -4.20. The molecule has 0 atom stereocenters. The Labute approximate surface area is 181 Å². The van der Waals surface area contributed by atoms with E-state index in [1.165, 1.54) is 50.6 Å². The van der Waals surface area contributed by atoms with E-state index in [0.29, 0.717) is 23.9 Å². The van der Waals surface area contributed by atoms with Gasteiger partial charge >= 0.3 is 0 Å². The van der Waals surface area contributed by atoms with Crippen molar-refractivity contribution in [3.05, 3.63) is 78.4 Å². The first-order valence-corrected chi connectivity index (χ1v) is 11.0. The molecule has 0 aromatic heterocycles. The topological polar surface area (TPSA) is 82.1 Å². The summed E-state index contributed by atoms with van der Waals surface area (Å²) in [7, 11) is -1.30. The lowest BCUT2D eigenvalue weighted by Crippen LogP contribution is -2.37. The molecule has 0 heterocycles. The predicted molar refractivity (Wildman–Crippen MR) is 118 cm³/mol. The molecule has 0 N–H and O–H groups in total. The third kappa shape index (κ3) is 4.80. The summed E-state index contributed by atoms with van der Waals surface area (Å²) in [5.74, 6) is 0.557. The van der Waals surface area contributed by atoms with Crippen molar-refractivity contribution in [3.8, 4) is 17.2 Å². The molecular weight excluding hydrogens is 418 g/mol. The van der Waals surface area contributed by atoms with E-state index >= 15 is 0 Å². The van der Waals surface area contributed by atoms with Gasteiger partial charge in [-0.2, -0.15) is 4.31 Å². The number of ether oxygens (including phenoxy) is 3. The Hall–Kier alpha value is -3.52. The van der Waals surface area contributed by atoms with Gasteiger partial charge in [-0.3, -0.25) is 4.79 Å². The fraction of sp³-hybridized carbons (Fsp3) is 0.174. The lowest BCUT2D eigenvalue weighted by atomic mass is 10.1. The molecule has 0 aliphatic rings. The van der Waals surface area contributed by atoms with Crippen LogP contribution >= 0.6 is 0 Å². The van der Waals surface area contributed by atoms with Crippen LogP contribution in [0.15, 0.2) is 77.7 Å². The standard InChI is InChI=1S/C23H23NO6S/c1-4-30-19-12-10-18(11-13-19)24(31(26,27)22-8-6-5-7-9-22)23(25)17-14-20(28-2)16-21(15-17)29-3/h5-16H,4H2,1-3H3. The molecule has 31 heavy (non-hydrogen) atoms. The smallest absolute Gasteiger partial charge is 0.272 e. The van der Waals surface area contributed by atoms with Gasteiger partial charge in [-0.1, -0.05) is 18.2 Å². The first kappa shape index (κ1) is 22.2. The Bertz CT molecular complexity index is 1120. The molecule has 0 radical (unpaired) electrons. The van der Waals surface area contributed by atoms with Gasteiger partial charge < -0.3 is 14.2 Å². The minimum absolute atomic E-state index is 0.00732. The third-order valence-electron chi connectivity index (χ3n) is 4.45. The summed E-state index contributed by atoms with van der Waals surface area (Å²) in [4.78, 5) is 13.5. The minimum Gasteiger partial charge on any atom is -0.497 e. The van der Waals surface area contributed by atoms with Crippen molar-refractivity contribution in [2.75, 3.05) is 25.1 Å². The maximum Gasteiger partial charge on any atom is 0.272 e. The quantitative estimate of drug-likeness (QED) is 0.523. The molecule has 7 nitrogen and oxygen atoms in total. The Morgan fingerprint density at radius 2 is 1.42 bits per heavy atom. The second-order valence-electron chi connectivity index (χ2n) is 6.42. The Morgan fingerprint density at radius 3 is 1.94 bits per heavy atom. The molecule has 0 fully saturated rings. The number of hydrogen-bond acceptors (Lipinski definition) is 6.